The van der Waals surface area contributed by atoms with Gasteiger partial charge >= 0.3 is 0 Å². The maximum Gasteiger partial charge on any atom is 0.154 e. The van der Waals surface area contributed by atoms with Crippen molar-refractivity contribution in [1.29, 1.82) is 0 Å². The normalized spacial score (nSPS) is 49.5. The second kappa shape index (κ2) is 2.20. The molecule has 1 saturated heterocycles. The molecule has 0 aliphatic carbocycles. The highest BCUT2D eigenvalue weighted by atomic mass is 79.9. The predicted octanol–water partition coefficient (Wildman–Crippen LogP) is 0.319. The first kappa shape index (κ1) is 9.48. The minimum atomic E-state index is -3.06. The first-order valence-corrected chi connectivity index (χ1v) is 5.89. The Morgan fingerprint density at radius 2 is 1.82 bits per heavy atom. The van der Waals surface area contributed by atoms with E-state index in [0.717, 1.165) is 0 Å². The number of hydrogen-bond donors (Lipinski definition) is 1. The minimum Gasteiger partial charge on any atom is -0.388 e. The molecule has 0 amide bonds. The lowest BCUT2D eigenvalue weighted by Gasteiger charge is -2.28. The average Bonchev–Trinajstić information content (AvgIpc) is 1.66. The van der Waals surface area contributed by atoms with E-state index in [1.807, 2.05) is 0 Å². The Hall–Kier alpha value is 0.390. The van der Waals surface area contributed by atoms with E-state index in [2.05, 4.69) is 15.9 Å². The van der Waals surface area contributed by atoms with Crippen LogP contribution in [0.25, 0.3) is 0 Å². The van der Waals surface area contributed by atoms with Gasteiger partial charge in [-0.3, -0.25) is 0 Å². The van der Waals surface area contributed by atoms with Gasteiger partial charge in [-0.25, -0.2) is 8.42 Å². The largest absolute Gasteiger partial charge is 0.388 e. The van der Waals surface area contributed by atoms with Crippen molar-refractivity contribution >= 4 is 25.8 Å². The summed E-state index contributed by atoms with van der Waals surface area (Å²) in [4.78, 5) is 0. The fourth-order valence-corrected chi connectivity index (χ4v) is 4.98. The Balaban J connectivity index is 3.08. The summed E-state index contributed by atoms with van der Waals surface area (Å²) in [6.07, 6.45) is 0. The minimum absolute atomic E-state index is 0.00694. The Morgan fingerprint density at radius 1 is 1.36 bits per heavy atom. The Morgan fingerprint density at radius 3 is 1.91 bits per heavy atom. The van der Waals surface area contributed by atoms with Crippen LogP contribution in [0.5, 0.6) is 0 Å². The van der Waals surface area contributed by atoms with Gasteiger partial charge in [0.25, 0.3) is 0 Å². The monoisotopic (exact) mass is 242 g/mol. The fraction of sp³-hybridized carbons (Fsp3) is 1.00. The highest BCUT2D eigenvalue weighted by Gasteiger charge is 2.53. The molecule has 66 valence electrons. The molecule has 0 bridgehead atoms. The molecule has 2 atom stereocenters. The Bertz CT molecular complexity index is 244. The number of alkyl halides is 1. The molecule has 0 aromatic carbocycles. The molecule has 11 heavy (non-hydrogen) atoms. The highest BCUT2D eigenvalue weighted by Crippen LogP contribution is 2.39. The Kier molecular flexibility index (Phi) is 1.90. The second-order valence-corrected chi connectivity index (χ2v) is 7.32. The second-order valence-electron chi connectivity index (χ2n) is 3.50. The number of halogens is 1. The van der Waals surface area contributed by atoms with Gasteiger partial charge in [0.2, 0.25) is 0 Å². The van der Waals surface area contributed by atoms with Gasteiger partial charge in [-0.1, -0.05) is 15.9 Å². The van der Waals surface area contributed by atoms with Crippen LogP contribution >= 0.6 is 15.9 Å². The van der Waals surface area contributed by atoms with Gasteiger partial charge in [0.05, 0.1) is 21.4 Å². The predicted molar refractivity (Wildman–Crippen MR) is 46.6 cm³/mol. The third-order valence-electron chi connectivity index (χ3n) is 2.11. The first-order chi connectivity index (χ1) is 4.66. The van der Waals surface area contributed by atoms with Crippen molar-refractivity contribution in [3.05, 3.63) is 0 Å². The van der Waals surface area contributed by atoms with E-state index in [4.69, 9.17) is 0 Å². The molecule has 1 N–H and O–H groups in total. The maximum atomic E-state index is 11.1. The van der Waals surface area contributed by atoms with E-state index in [1.54, 1.807) is 6.92 Å². The molecule has 1 aliphatic rings. The third-order valence-corrected chi connectivity index (χ3v) is 5.64. The summed E-state index contributed by atoms with van der Waals surface area (Å²) in [6, 6.07) is 0. The van der Waals surface area contributed by atoms with Crippen molar-refractivity contribution in [1.82, 2.24) is 0 Å². The molecule has 1 aliphatic heterocycles. The maximum absolute atomic E-state index is 11.1. The summed E-state index contributed by atoms with van der Waals surface area (Å²) in [7, 11) is -3.06. The van der Waals surface area contributed by atoms with Crippen molar-refractivity contribution < 1.29 is 13.5 Å². The smallest absolute Gasteiger partial charge is 0.154 e. The van der Waals surface area contributed by atoms with E-state index in [-0.39, 0.29) is 11.5 Å². The van der Waals surface area contributed by atoms with Gasteiger partial charge in [-0.2, -0.15) is 0 Å². The van der Waals surface area contributed by atoms with Gasteiger partial charge in [-0.15, -0.1) is 0 Å². The van der Waals surface area contributed by atoms with E-state index in [1.165, 1.54) is 6.92 Å². The first-order valence-electron chi connectivity index (χ1n) is 3.28. The van der Waals surface area contributed by atoms with Crippen molar-refractivity contribution in [2.75, 3.05) is 11.5 Å². The van der Waals surface area contributed by atoms with E-state index < -0.39 is 19.8 Å². The van der Waals surface area contributed by atoms with Crippen LogP contribution in [0.1, 0.15) is 13.8 Å². The van der Waals surface area contributed by atoms with Crippen LogP contribution in [0.15, 0.2) is 0 Å². The zero-order valence-corrected chi connectivity index (χ0v) is 8.87. The zero-order valence-electron chi connectivity index (χ0n) is 6.46. The summed E-state index contributed by atoms with van der Waals surface area (Å²) in [5.41, 5.74) is -1.15. The zero-order chi connectivity index (χ0) is 8.91. The summed E-state index contributed by atoms with van der Waals surface area (Å²) in [5.74, 6) is -0.144. The molecule has 5 heteroatoms. The van der Waals surface area contributed by atoms with Gasteiger partial charge < -0.3 is 5.11 Å². The average molecular weight is 243 g/mol. The standard InChI is InChI=1S/C6H11BrO3S/c1-5(7)3-11(9,10)4-6(5,2)8/h8H,3-4H2,1-2H3. The van der Waals surface area contributed by atoms with Gasteiger partial charge in [0, 0.05) is 0 Å². The fourth-order valence-electron chi connectivity index (χ4n) is 1.20. The van der Waals surface area contributed by atoms with Crippen LogP contribution < -0.4 is 0 Å². The molecule has 0 aromatic heterocycles. The lowest BCUT2D eigenvalue weighted by molar-refractivity contribution is 0.0650. The number of hydrogen-bond acceptors (Lipinski definition) is 3. The number of aliphatic hydroxyl groups is 1. The molecule has 0 aromatic rings. The molecule has 1 rings (SSSR count). The lowest BCUT2D eigenvalue weighted by Crippen LogP contribution is -2.43. The molecular weight excluding hydrogens is 232 g/mol. The summed E-state index contributed by atoms with van der Waals surface area (Å²) >= 11 is 3.21. The van der Waals surface area contributed by atoms with Crippen molar-refractivity contribution in [2.24, 2.45) is 0 Å². The van der Waals surface area contributed by atoms with Crippen molar-refractivity contribution in [2.45, 2.75) is 23.8 Å². The van der Waals surface area contributed by atoms with E-state index in [0.29, 0.717) is 0 Å². The van der Waals surface area contributed by atoms with Crippen LogP contribution in [0.3, 0.4) is 0 Å². The number of rotatable bonds is 0. The number of sulfone groups is 1. The molecule has 2 unspecified atom stereocenters. The molecule has 1 heterocycles. The summed E-state index contributed by atoms with van der Waals surface area (Å²) in [6.45, 7) is 3.23. The topological polar surface area (TPSA) is 54.4 Å². The van der Waals surface area contributed by atoms with Crippen LogP contribution in [0.4, 0.5) is 0 Å². The molecule has 1 fully saturated rings. The van der Waals surface area contributed by atoms with Crippen LogP contribution in [-0.2, 0) is 9.84 Å². The lowest BCUT2D eigenvalue weighted by atomic mass is 9.95. The van der Waals surface area contributed by atoms with Crippen LogP contribution in [0, 0.1) is 0 Å². The summed E-state index contributed by atoms with van der Waals surface area (Å²) in [5, 5.41) is 9.63. The van der Waals surface area contributed by atoms with Crippen molar-refractivity contribution in [3.8, 4) is 0 Å². The molecular formula is C6H11BrO3S. The molecule has 0 radical (unpaired) electrons. The van der Waals surface area contributed by atoms with Gasteiger partial charge in [-0.05, 0) is 13.8 Å². The summed E-state index contributed by atoms with van der Waals surface area (Å²) < 4.78 is 21.4. The van der Waals surface area contributed by atoms with Gasteiger partial charge in [0.1, 0.15) is 0 Å². The molecule has 3 nitrogen and oxygen atoms in total. The van der Waals surface area contributed by atoms with Crippen molar-refractivity contribution in [3.63, 3.8) is 0 Å². The SMILES string of the molecule is CC1(O)CS(=O)(=O)CC1(C)Br. The quantitative estimate of drug-likeness (QED) is 0.623. The van der Waals surface area contributed by atoms with Crippen LogP contribution in [0.2, 0.25) is 0 Å². The van der Waals surface area contributed by atoms with E-state index in [9.17, 15) is 13.5 Å². The Labute approximate surface area is 74.8 Å². The third kappa shape index (κ3) is 1.60. The highest BCUT2D eigenvalue weighted by molar-refractivity contribution is 9.10. The van der Waals surface area contributed by atoms with Crippen LogP contribution in [-0.4, -0.2) is 35.0 Å². The molecule has 0 spiro atoms. The van der Waals surface area contributed by atoms with Gasteiger partial charge in [0.15, 0.2) is 9.84 Å². The molecule has 0 saturated carbocycles. The van der Waals surface area contributed by atoms with E-state index >= 15 is 0 Å².